The maximum Gasteiger partial charge on any atom is 0.237 e. The molecule has 2 atom stereocenters. The summed E-state index contributed by atoms with van der Waals surface area (Å²) in [6, 6.07) is 23.8. The van der Waals surface area contributed by atoms with E-state index in [1.54, 1.807) is 0 Å². The van der Waals surface area contributed by atoms with Crippen molar-refractivity contribution in [3.63, 3.8) is 0 Å². The summed E-state index contributed by atoms with van der Waals surface area (Å²) in [4.78, 5) is 30.0. The van der Waals surface area contributed by atoms with Crippen LogP contribution < -0.4 is 15.5 Å². The standard InChI is InChI=1S/C37H43ClN4O2/c1-27-8-3-4-9-31(27)25-39-28(2)37(44)40-34(18-15-29-13-16-33(38)17-14-29)24-30-19-22-41(23-20-30)35-11-6-5-10-32(35)26-42-21-7-12-36(42)43/h3-6,8-11,13-18,24,28,34,39H,7,12,19-23,25-26H2,1-2H3,(H,40,44)/b18-15-. The lowest BCUT2D eigenvalue weighted by Gasteiger charge is -2.33. The van der Waals surface area contributed by atoms with Crippen LogP contribution in [0.1, 0.15) is 54.9 Å². The molecule has 3 aromatic rings. The summed E-state index contributed by atoms with van der Waals surface area (Å²) < 4.78 is 0. The molecule has 3 aromatic carbocycles. The average molecular weight is 611 g/mol. The molecular weight excluding hydrogens is 568 g/mol. The van der Waals surface area contributed by atoms with Crippen molar-refractivity contribution in [2.24, 2.45) is 0 Å². The van der Waals surface area contributed by atoms with Crippen molar-refractivity contribution >= 4 is 35.2 Å². The molecule has 0 radical (unpaired) electrons. The summed E-state index contributed by atoms with van der Waals surface area (Å²) in [7, 11) is 0. The Labute approximate surface area is 266 Å². The Hall–Kier alpha value is -3.87. The van der Waals surface area contributed by atoms with Gasteiger partial charge in [-0.1, -0.05) is 90.0 Å². The first kappa shape index (κ1) is 31.6. The summed E-state index contributed by atoms with van der Waals surface area (Å²) >= 11 is 6.09. The fourth-order valence-electron chi connectivity index (χ4n) is 5.87. The molecule has 0 aliphatic carbocycles. The molecule has 2 unspecified atom stereocenters. The molecule has 2 aliphatic heterocycles. The molecule has 5 rings (SSSR count). The predicted octanol–water partition coefficient (Wildman–Crippen LogP) is 6.67. The molecule has 2 heterocycles. The highest BCUT2D eigenvalue weighted by Crippen LogP contribution is 2.28. The third-order valence-corrected chi connectivity index (χ3v) is 8.87. The highest BCUT2D eigenvalue weighted by Gasteiger charge is 2.23. The van der Waals surface area contributed by atoms with Crippen LogP contribution in [0.2, 0.25) is 5.02 Å². The molecule has 0 saturated carbocycles. The van der Waals surface area contributed by atoms with Gasteiger partial charge in [-0.2, -0.15) is 0 Å². The molecule has 0 bridgehead atoms. The predicted molar refractivity (Wildman–Crippen MR) is 181 cm³/mol. The summed E-state index contributed by atoms with van der Waals surface area (Å²) in [6.45, 7) is 7.94. The molecule has 230 valence electrons. The highest BCUT2D eigenvalue weighted by atomic mass is 35.5. The van der Waals surface area contributed by atoms with Crippen LogP contribution in [-0.2, 0) is 22.7 Å². The van der Waals surface area contributed by atoms with Crippen molar-refractivity contribution < 1.29 is 9.59 Å². The van der Waals surface area contributed by atoms with Gasteiger partial charge in [-0.25, -0.2) is 0 Å². The zero-order valence-corrected chi connectivity index (χ0v) is 26.5. The Morgan fingerprint density at radius 1 is 0.932 bits per heavy atom. The first-order chi connectivity index (χ1) is 21.4. The van der Waals surface area contributed by atoms with Gasteiger partial charge in [0.05, 0.1) is 12.1 Å². The maximum absolute atomic E-state index is 13.3. The third kappa shape index (κ3) is 8.61. The molecule has 0 spiro atoms. The van der Waals surface area contributed by atoms with E-state index in [1.165, 1.54) is 28.0 Å². The fourth-order valence-corrected chi connectivity index (χ4v) is 6.00. The van der Waals surface area contributed by atoms with Crippen molar-refractivity contribution in [3.8, 4) is 0 Å². The first-order valence-corrected chi connectivity index (χ1v) is 16.1. The number of anilines is 1. The number of benzene rings is 3. The second-order valence-corrected chi connectivity index (χ2v) is 12.3. The van der Waals surface area contributed by atoms with Gasteiger partial charge in [-0.15, -0.1) is 0 Å². The Balaban J connectivity index is 1.25. The first-order valence-electron chi connectivity index (χ1n) is 15.7. The second-order valence-electron chi connectivity index (χ2n) is 11.8. The van der Waals surface area contributed by atoms with E-state index < -0.39 is 0 Å². The number of halogens is 1. The molecule has 7 heteroatoms. The molecule has 2 N–H and O–H groups in total. The molecule has 0 aromatic heterocycles. The second kappa shape index (κ2) is 15.2. The number of nitrogens with one attached hydrogen (secondary N) is 2. The van der Waals surface area contributed by atoms with Crippen molar-refractivity contribution in [3.05, 3.63) is 118 Å². The van der Waals surface area contributed by atoms with E-state index in [1.807, 2.05) is 54.3 Å². The number of amides is 2. The number of likely N-dealkylation sites (tertiary alicyclic amines) is 1. The quantitative estimate of drug-likeness (QED) is 0.238. The fraction of sp³-hybridized carbons (Fsp3) is 0.351. The molecule has 44 heavy (non-hydrogen) atoms. The van der Waals surface area contributed by atoms with E-state index in [2.05, 4.69) is 71.0 Å². The zero-order chi connectivity index (χ0) is 30.9. The van der Waals surface area contributed by atoms with Gasteiger partial charge < -0.3 is 20.4 Å². The highest BCUT2D eigenvalue weighted by molar-refractivity contribution is 6.30. The number of para-hydroxylation sites is 1. The molecule has 2 aliphatic rings. The summed E-state index contributed by atoms with van der Waals surface area (Å²) in [6.07, 6.45) is 9.74. The van der Waals surface area contributed by atoms with Gasteiger partial charge in [0.25, 0.3) is 0 Å². The van der Waals surface area contributed by atoms with Crippen LogP contribution in [0.15, 0.2) is 90.5 Å². The van der Waals surface area contributed by atoms with Crippen LogP contribution >= 0.6 is 11.6 Å². The summed E-state index contributed by atoms with van der Waals surface area (Å²) in [5.41, 5.74) is 7.18. The number of hydrogen-bond acceptors (Lipinski definition) is 4. The normalized spacial score (nSPS) is 16.8. The van der Waals surface area contributed by atoms with Gasteiger partial charge in [0.15, 0.2) is 0 Å². The Bertz CT molecular complexity index is 1490. The van der Waals surface area contributed by atoms with Gasteiger partial charge in [0, 0.05) is 49.9 Å². The SMILES string of the molecule is Cc1ccccc1CNC(C)C(=O)NC(C=C1CCN(c2ccccc2CN2CCCC2=O)CC1)/C=C\c1ccc(Cl)cc1. The largest absolute Gasteiger partial charge is 0.371 e. The van der Waals surface area contributed by atoms with E-state index in [4.69, 9.17) is 11.6 Å². The van der Waals surface area contributed by atoms with Gasteiger partial charge >= 0.3 is 0 Å². The lowest BCUT2D eigenvalue weighted by Crippen LogP contribution is -2.45. The van der Waals surface area contributed by atoms with E-state index in [-0.39, 0.29) is 23.9 Å². The van der Waals surface area contributed by atoms with Crippen molar-refractivity contribution in [1.82, 2.24) is 15.5 Å². The molecule has 2 amide bonds. The third-order valence-electron chi connectivity index (χ3n) is 8.61. The van der Waals surface area contributed by atoms with Crippen molar-refractivity contribution in [2.45, 2.75) is 64.7 Å². The Morgan fingerprint density at radius 3 is 2.34 bits per heavy atom. The van der Waals surface area contributed by atoms with E-state index >= 15 is 0 Å². The molecule has 2 saturated heterocycles. The van der Waals surface area contributed by atoms with Crippen LogP contribution in [0.4, 0.5) is 5.69 Å². The van der Waals surface area contributed by atoms with Crippen LogP contribution in [-0.4, -0.2) is 48.4 Å². The van der Waals surface area contributed by atoms with E-state index in [0.29, 0.717) is 24.5 Å². The number of carbonyl (C=O) groups excluding carboxylic acids is 2. The smallest absolute Gasteiger partial charge is 0.237 e. The molecule has 2 fully saturated rings. The van der Waals surface area contributed by atoms with Crippen molar-refractivity contribution in [1.29, 1.82) is 0 Å². The van der Waals surface area contributed by atoms with Gasteiger partial charge in [-0.05, 0) is 73.6 Å². The number of piperidine rings is 1. The van der Waals surface area contributed by atoms with Gasteiger partial charge in [-0.3, -0.25) is 9.59 Å². The average Bonchev–Trinajstić information content (AvgIpc) is 3.44. The van der Waals surface area contributed by atoms with Crippen LogP contribution in [0.25, 0.3) is 6.08 Å². The topological polar surface area (TPSA) is 64.7 Å². The number of carbonyl (C=O) groups is 2. The number of rotatable bonds is 11. The minimum absolute atomic E-state index is 0.0380. The number of nitrogens with zero attached hydrogens (tertiary/aromatic N) is 2. The minimum atomic E-state index is -0.347. The van der Waals surface area contributed by atoms with Crippen LogP contribution in [0.5, 0.6) is 0 Å². The van der Waals surface area contributed by atoms with Crippen molar-refractivity contribution in [2.75, 3.05) is 24.5 Å². The summed E-state index contributed by atoms with van der Waals surface area (Å²) in [5, 5.41) is 7.33. The zero-order valence-electron chi connectivity index (χ0n) is 25.8. The number of hydrogen-bond donors (Lipinski definition) is 2. The molecule has 6 nitrogen and oxygen atoms in total. The Morgan fingerprint density at radius 2 is 1.64 bits per heavy atom. The van der Waals surface area contributed by atoms with Gasteiger partial charge in [0.1, 0.15) is 0 Å². The monoisotopic (exact) mass is 610 g/mol. The van der Waals surface area contributed by atoms with E-state index in [9.17, 15) is 9.59 Å². The Kier molecular flexibility index (Phi) is 10.9. The summed E-state index contributed by atoms with van der Waals surface area (Å²) in [5.74, 6) is 0.215. The van der Waals surface area contributed by atoms with Gasteiger partial charge in [0.2, 0.25) is 11.8 Å². The minimum Gasteiger partial charge on any atom is -0.371 e. The number of aryl methyl sites for hydroxylation is 1. The van der Waals surface area contributed by atoms with E-state index in [0.717, 1.165) is 44.5 Å². The maximum atomic E-state index is 13.3. The van der Waals surface area contributed by atoms with Crippen LogP contribution in [0, 0.1) is 6.92 Å². The lowest BCUT2D eigenvalue weighted by atomic mass is 9.99. The van der Waals surface area contributed by atoms with Crippen LogP contribution in [0.3, 0.4) is 0 Å². The lowest BCUT2D eigenvalue weighted by molar-refractivity contribution is -0.128. The molecular formula is C37H43ClN4O2.